The summed E-state index contributed by atoms with van der Waals surface area (Å²) in [7, 11) is 1.56. The van der Waals surface area contributed by atoms with E-state index in [2.05, 4.69) is 6.58 Å². The Morgan fingerprint density at radius 1 is 1.00 bits per heavy atom. The highest BCUT2D eigenvalue weighted by Gasteiger charge is 2.42. The third-order valence-electron chi connectivity index (χ3n) is 7.00. The van der Waals surface area contributed by atoms with Gasteiger partial charge in [0.2, 0.25) is 0 Å². The lowest BCUT2D eigenvalue weighted by molar-refractivity contribution is -0.384. The van der Waals surface area contributed by atoms with Crippen molar-refractivity contribution in [3.63, 3.8) is 0 Å². The number of imide groups is 1. The molecule has 1 unspecified atom stereocenters. The predicted molar refractivity (Wildman–Crippen MR) is 155 cm³/mol. The SMILES string of the molecule is C=Cc1ccc(CC2c3ccccc3N(Cc3ccc(OC)cc3)C(=O)N2C(=O)Oc2ccc([N+](=O)[O-])cc2)cc1F. The Balaban J connectivity index is 1.54. The summed E-state index contributed by atoms with van der Waals surface area (Å²) >= 11 is 0. The number of anilines is 1. The summed E-state index contributed by atoms with van der Waals surface area (Å²) in [4.78, 5) is 40.7. The van der Waals surface area contributed by atoms with Crippen molar-refractivity contribution in [3.05, 3.63) is 136 Å². The first-order valence-corrected chi connectivity index (χ1v) is 13.0. The van der Waals surface area contributed by atoms with Gasteiger partial charge < -0.3 is 9.47 Å². The minimum absolute atomic E-state index is 0.0269. The highest BCUT2D eigenvalue weighted by atomic mass is 19.1. The van der Waals surface area contributed by atoms with Crippen molar-refractivity contribution in [2.24, 2.45) is 0 Å². The number of nitrogens with zero attached hydrogens (tertiary/aromatic N) is 3. The number of carbonyl (C=O) groups is 2. The maximum absolute atomic E-state index is 14.7. The lowest BCUT2D eigenvalue weighted by atomic mass is 9.93. The van der Waals surface area contributed by atoms with Crippen LogP contribution in [0.1, 0.15) is 28.3 Å². The van der Waals surface area contributed by atoms with E-state index in [1.54, 1.807) is 49.6 Å². The van der Waals surface area contributed by atoms with E-state index >= 15 is 0 Å². The number of hydrogen-bond donors (Lipinski definition) is 0. The van der Waals surface area contributed by atoms with Crippen molar-refractivity contribution in [2.45, 2.75) is 19.0 Å². The molecule has 1 atom stereocenters. The van der Waals surface area contributed by atoms with E-state index < -0.39 is 28.9 Å². The van der Waals surface area contributed by atoms with Crippen LogP contribution in [-0.2, 0) is 13.0 Å². The van der Waals surface area contributed by atoms with Crippen LogP contribution in [0, 0.1) is 15.9 Å². The van der Waals surface area contributed by atoms with E-state index in [0.29, 0.717) is 28.1 Å². The van der Waals surface area contributed by atoms with E-state index in [1.165, 1.54) is 41.3 Å². The highest BCUT2D eigenvalue weighted by Crippen LogP contribution is 2.40. The number of carbonyl (C=O) groups excluding carboxylic acids is 2. The normalized spacial score (nSPS) is 14.2. The van der Waals surface area contributed by atoms with Gasteiger partial charge in [0.15, 0.2) is 0 Å². The van der Waals surface area contributed by atoms with Gasteiger partial charge in [-0.1, -0.05) is 55.1 Å². The fourth-order valence-electron chi connectivity index (χ4n) is 4.87. The van der Waals surface area contributed by atoms with Crippen LogP contribution in [0.15, 0.2) is 97.6 Å². The molecule has 0 aliphatic carbocycles. The number of nitro groups is 1. The van der Waals surface area contributed by atoms with Crippen LogP contribution in [0.5, 0.6) is 11.5 Å². The Bertz CT molecular complexity index is 1660. The number of urea groups is 1. The molecular weight excluding hydrogens is 541 g/mol. The lowest BCUT2D eigenvalue weighted by Crippen LogP contribution is -2.53. The molecule has 0 spiro atoms. The molecule has 1 aliphatic heterocycles. The number of nitro benzene ring substituents is 1. The molecule has 4 aromatic carbocycles. The van der Waals surface area contributed by atoms with Crippen LogP contribution >= 0.6 is 0 Å². The van der Waals surface area contributed by atoms with Gasteiger partial charge in [-0.2, -0.15) is 0 Å². The van der Waals surface area contributed by atoms with Gasteiger partial charge >= 0.3 is 12.1 Å². The van der Waals surface area contributed by atoms with E-state index in [1.807, 2.05) is 18.2 Å². The standard InChI is InChI=1S/C32H26FN3O6/c1-3-23-11-8-22(18-28(23)33)19-30-27-6-4-5-7-29(27)34(20-21-9-14-25(41-2)15-10-21)31(37)35(30)32(38)42-26-16-12-24(13-17-26)36(39)40/h3-18,30H,1,19-20H2,2H3. The number of halogens is 1. The zero-order valence-corrected chi connectivity index (χ0v) is 22.6. The van der Waals surface area contributed by atoms with E-state index in [9.17, 15) is 24.1 Å². The Kier molecular flexibility index (Phi) is 7.96. The van der Waals surface area contributed by atoms with Gasteiger partial charge in [0.1, 0.15) is 17.3 Å². The largest absolute Gasteiger partial charge is 0.497 e. The number of non-ortho nitro benzene ring substituents is 1. The number of methoxy groups -OCH3 is 1. The number of amides is 3. The number of fused-ring (bicyclic) bond motifs is 1. The van der Waals surface area contributed by atoms with Crippen LogP contribution in [0.4, 0.5) is 25.4 Å². The Morgan fingerprint density at radius 3 is 2.31 bits per heavy atom. The third-order valence-corrected chi connectivity index (χ3v) is 7.00. The molecule has 0 radical (unpaired) electrons. The Hall–Kier alpha value is -5.51. The van der Waals surface area contributed by atoms with E-state index in [0.717, 1.165) is 10.5 Å². The van der Waals surface area contributed by atoms with Gasteiger partial charge in [0, 0.05) is 17.7 Å². The smallest absolute Gasteiger partial charge is 0.424 e. The Labute approximate surface area is 241 Å². The molecule has 0 N–H and O–H groups in total. The first kappa shape index (κ1) is 28.0. The van der Waals surface area contributed by atoms with Crippen molar-refractivity contribution >= 4 is 29.6 Å². The van der Waals surface area contributed by atoms with Crippen LogP contribution in [0.2, 0.25) is 0 Å². The third kappa shape index (κ3) is 5.68. The molecule has 0 bridgehead atoms. The van der Waals surface area contributed by atoms with E-state index in [4.69, 9.17) is 9.47 Å². The average Bonchev–Trinajstić information content (AvgIpc) is 3.00. The summed E-state index contributed by atoms with van der Waals surface area (Å²) in [6.45, 7) is 3.76. The molecule has 0 saturated heterocycles. The molecule has 0 aromatic heterocycles. The average molecular weight is 568 g/mol. The molecule has 4 aromatic rings. The monoisotopic (exact) mass is 567 g/mol. The maximum Gasteiger partial charge on any atom is 0.424 e. The minimum Gasteiger partial charge on any atom is -0.497 e. The summed E-state index contributed by atoms with van der Waals surface area (Å²) in [5, 5.41) is 11.0. The van der Waals surface area contributed by atoms with Gasteiger partial charge in [-0.15, -0.1) is 0 Å². The molecule has 1 heterocycles. The van der Waals surface area contributed by atoms with Crippen molar-refractivity contribution in [2.75, 3.05) is 12.0 Å². The van der Waals surface area contributed by atoms with Crippen molar-refractivity contribution in [3.8, 4) is 11.5 Å². The second-order valence-corrected chi connectivity index (χ2v) is 9.54. The van der Waals surface area contributed by atoms with Gasteiger partial charge in [-0.25, -0.2) is 18.9 Å². The molecule has 212 valence electrons. The molecule has 9 nitrogen and oxygen atoms in total. The number of benzene rings is 4. The molecule has 0 saturated carbocycles. The molecule has 0 fully saturated rings. The second kappa shape index (κ2) is 11.9. The first-order valence-electron chi connectivity index (χ1n) is 13.0. The molecule has 5 rings (SSSR count). The number of rotatable bonds is 8. The zero-order chi connectivity index (χ0) is 29.8. The van der Waals surface area contributed by atoms with Crippen molar-refractivity contribution in [1.82, 2.24) is 4.90 Å². The Morgan fingerprint density at radius 2 is 1.67 bits per heavy atom. The van der Waals surface area contributed by atoms with Crippen molar-refractivity contribution < 1.29 is 28.4 Å². The maximum atomic E-state index is 14.7. The highest BCUT2D eigenvalue weighted by molar-refractivity contribution is 6.04. The van der Waals surface area contributed by atoms with Crippen LogP contribution in [-0.4, -0.2) is 29.1 Å². The zero-order valence-electron chi connectivity index (χ0n) is 22.6. The van der Waals surface area contributed by atoms with Gasteiger partial charge in [0.05, 0.1) is 30.3 Å². The summed E-state index contributed by atoms with van der Waals surface area (Å²) in [6, 6.07) is 22.6. The van der Waals surface area contributed by atoms with Crippen LogP contribution in [0.3, 0.4) is 0 Å². The minimum atomic E-state index is -0.976. The summed E-state index contributed by atoms with van der Waals surface area (Å²) in [5.41, 5.74) is 2.78. The molecule has 42 heavy (non-hydrogen) atoms. The van der Waals surface area contributed by atoms with Crippen LogP contribution in [0.25, 0.3) is 6.08 Å². The molecular formula is C32H26FN3O6. The summed E-state index contributed by atoms with van der Waals surface area (Å²) in [5.74, 6) is 0.213. The molecule has 3 amide bonds. The fraction of sp³-hybridized carbons (Fsp3) is 0.125. The summed E-state index contributed by atoms with van der Waals surface area (Å²) in [6.07, 6.45) is 0.544. The van der Waals surface area contributed by atoms with Crippen molar-refractivity contribution in [1.29, 1.82) is 0 Å². The topological polar surface area (TPSA) is 102 Å². The molecule has 10 heteroatoms. The van der Waals surface area contributed by atoms with Gasteiger partial charge in [-0.3, -0.25) is 15.0 Å². The van der Waals surface area contributed by atoms with Gasteiger partial charge in [-0.05, 0) is 59.5 Å². The number of para-hydroxylation sites is 1. The van der Waals surface area contributed by atoms with Crippen LogP contribution < -0.4 is 14.4 Å². The van der Waals surface area contributed by atoms with E-state index in [-0.39, 0.29) is 24.4 Å². The second-order valence-electron chi connectivity index (χ2n) is 9.54. The summed E-state index contributed by atoms with van der Waals surface area (Å²) < 4.78 is 25.4. The number of ether oxygens (including phenoxy) is 2. The quantitative estimate of drug-likeness (QED) is 0.163. The first-order chi connectivity index (χ1) is 20.3. The fourth-order valence-corrected chi connectivity index (χ4v) is 4.87. The number of hydrogen-bond acceptors (Lipinski definition) is 6. The lowest BCUT2D eigenvalue weighted by Gasteiger charge is -2.41. The predicted octanol–water partition coefficient (Wildman–Crippen LogP) is 7.31. The molecule has 1 aliphatic rings. The van der Waals surface area contributed by atoms with Gasteiger partial charge in [0.25, 0.3) is 5.69 Å².